The third-order valence-corrected chi connectivity index (χ3v) is 3.42. The number of methoxy groups -OCH3 is 1. The maximum Gasteiger partial charge on any atom is 0.124 e. The molecule has 0 fully saturated rings. The lowest BCUT2D eigenvalue weighted by Crippen LogP contribution is -2.18. The Kier molecular flexibility index (Phi) is 5.64. The van der Waals surface area contributed by atoms with Crippen molar-refractivity contribution in [2.24, 2.45) is 0 Å². The molecule has 1 N–H and O–H groups in total. The fourth-order valence-corrected chi connectivity index (χ4v) is 2.31. The van der Waals surface area contributed by atoms with Crippen LogP contribution in [0.25, 0.3) is 0 Å². The molecule has 0 amide bonds. The third kappa shape index (κ3) is 4.23. The Bertz CT molecular complexity index is 569. The number of nitrogens with one attached hydrogen (secondary N) is 1. The average molecular weight is 285 g/mol. The largest absolute Gasteiger partial charge is 0.497 e. The van der Waals surface area contributed by atoms with E-state index in [1.165, 1.54) is 5.56 Å². The van der Waals surface area contributed by atoms with E-state index in [0.717, 1.165) is 23.6 Å². The summed E-state index contributed by atoms with van der Waals surface area (Å²) in [6, 6.07) is 16.4. The van der Waals surface area contributed by atoms with Crippen LogP contribution in [0.4, 0.5) is 0 Å². The first-order chi connectivity index (χ1) is 10.2. The van der Waals surface area contributed by atoms with Gasteiger partial charge in [0.2, 0.25) is 0 Å². The average Bonchev–Trinajstić information content (AvgIpc) is 2.53. The Balaban J connectivity index is 2.09. The van der Waals surface area contributed by atoms with Crippen molar-refractivity contribution >= 4 is 0 Å². The summed E-state index contributed by atoms with van der Waals surface area (Å²) in [6.45, 7) is 5.73. The van der Waals surface area contributed by atoms with Gasteiger partial charge in [-0.05, 0) is 37.2 Å². The molecule has 0 aliphatic rings. The SMILES string of the molecule is CCNC(C)c1ccccc1OCc1cccc(OC)c1. The molecule has 21 heavy (non-hydrogen) atoms. The van der Waals surface area contributed by atoms with Crippen molar-refractivity contribution in [2.75, 3.05) is 13.7 Å². The van der Waals surface area contributed by atoms with Crippen LogP contribution >= 0.6 is 0 Å². The molecule has 0 heterocycles. The number of rotatable bonds is 7. The molecule has 0 radical (unpaired) electrons. The first-order valence-corrected chi connectivity index (χ1v) is 7.32. The topological polar surface area (TPSA) is 30.5 Å². The van der Waals surface area contributed by atoms with Crippen molar-refractivity contribution in [3.8, 4) is 11.5 Å². The Labute approximate surface area is 126 Å². The minimum Gasteiger partial charge on any atom is -0.497 e. The fraction of sp³-hybridized carbons (Fsp3) is 0.333. The van der Waals surface area contributed by atoms with E-state index in [0.29, 0.717) is 6.61 Å². The summed E-state index contributed by atoms with van der Waals surface area (Å²) in [5.41, 5.74) is 2.28. The van der Waals surface area contributed by atoms with Crippen molar-refractivity contribution in [2.45, 2.75) is 26.5 Å². The van der Waals surface area contributed by atoms with Gasteiger partial charge >= 0.3 is 0 Å². The van der Waals surface area contributed by atoms with Crippen LogP contribution in [0.2, 0.25) is 0 Å². The molecule has 0 bridgehead atoms. The highest BCUT2D eigenvalue weighted by molar-refractivity contribution is 5.36. The molecule has 2 aromatic rings. The molecule has 0 spiro atoms. The highest BCUT2D eigenvalue weighted by Gasteiger charge is 2.10. The van der Waals surface area contributed by atoms with E-state index in [9.17, 15) is 0 Å². The molecule has 0 saturated carbocycles. The molecule has 3 nitrogen and oxygen atoms in total. The van der Waals surface area contributed by atoms with Crippen molar-refractivity contribution in [1.29, 1.82) is 0 Å². The summed E-state index contributed by atoms with van der Waals surface area (Å²) in [5, 5.41) is 3.42. The number of hydrogen-bond acceptors (Lipinski definition) is 3. The van der Waals surface area contributed by atoms with Crippen LogP contribution in [0, 0.1) is 0 Å². The van der Waals surface area contributed by atoms with Gasteiger partial charge in [0.1, 0.15) is 18.1 Å². The van der Waals surface area contributed by atoms with E-state index < -0.39 is 0 Å². The maximum atomic E-state index is 5.99. The molecule has 0 saturated heterocycles. The summed E-state index contributed by atoms with van der Waals surface area (Å²) in [5.74, 6) is 1.78. The molecule has 0 aliphatic heterocycles. The standard InChI is InChI=1S/C18H23NO2/c1-4-19-14(2)17-10-5-6-11-18(17)21-13-15-8-7-9-16(12-15)20-3/h5-12,14,19H,4,13H2,1-3H3. The fourth-order valence-electron chi connectivity index (χ4n) is 2.31. The van der Waals surface area contributed by atoms with Gasteiger partial charge in [-0.1, -0.05) is 37.3 Å². The van der Waals surface area contributed by atoms with Gasteiger partial charge in [-0.2, -0.15) is 0 Å². The molecule has 112 valence electrons. The lowest BCUT2D eigenvalue weighted by Gasteiger charge is -2.17. The normalized spacial score (nSPS) is 12.0. The highest BCUT2D eigenvalue weighted by Crippen LogP contribution is 2.26. The Morgan fingerprint density at radius 2 is 1.90 bits per heavy atom. The predicted molar refractivity (Wildman–Crippen MR) is 85.9 cm³/mol. The monoisotopic (exact) mass is 285 g/mol. The van der Waals surface area contributed by atoms with Gasteiger partial charge < -0.3 is 14.8 Å². The summed E-state index contributed by atoms with van der Waals surface area (Å²) in [4.78, 5) is 0. The quantitative estimate of drug-likeness (QED) is 0.835. The van der Waals surface area contributed by atoms with E-state index in [1.807, 2.05) is 42.5 Å². The van der Waals surface area contributed by atoms with E-state index in [4.69, 9.17) is 9.47 Å². The van der Waals surface area contributed by atoms with Crippen molar-refractivity contribution in [1.82, 2.24) is 5.32 Å². The molecule has 0 aliphatic carbocycles. The lowest BCUT2D eigenvalue weighted by atomic mass is 10.1. The first-order valence-electron chi connectivity index (χ1n) is 7.32. The number of benzene rings is 2. The zero-order chi connectivity index (χ0) is 15.1. The smallest absolute Gasteiger partial charge is 0.124 e. The van der Waals surface area contributed by atoms with E-state index in [-0.39, 0.29) is 6.04 Å². The van der Waals surface area contributed by atoms with Gasteiger partial charge in [-0.15, -0.1) is 0 Å². The molecule has 2 rings (SSSR count). The summed E-state index contributed by atoms with van der Waals surface area (Å²) in [6.07, 6.45) is 0. The minimum atomic E-state index is 0.275. The van der Waals surface area contributed by atoms with Crippen LogP contribution in [0.15, 0.2) is 48.5 Å². The van der Waals surface area contributed by atoms with Crippen LogP contribution in [0.3, 0.4) is 0 Å². The summed E-state index contributed by atoms with van der Waals surface area (Å²) >= 11 is 0. The summed E-state index contributed by atoms with van der Waals surface area (Å²) in [7, 11) is 1.67. The molecule has 1 atom stereocenters. The van der Waals surface area contributed by atoms with E-state index in [2.05, 4.69) is 25.2 Å². The lowest BCUT2D eigenvalue weighted by molar-refractivity contribution is 0.299. The Morgan fingerprint density at radius 1 is 1.10 bits per heavy atom. The zero-order valence-electron chi connectivity index (χ0n) is 12.9. The van der Waals surface area contributed by atoms with Crippen molar-refractivity contribution in [3.63, 3.8) is 0 Å². The predicted octanol–water partition coefficient (Wildman–Crippen LogP) is 3.94. The maximum absolute atomic E-state index is 5.99. The van der Waals surface area contributed by atoms with Gasteiger partial charge in [0.05, 0.1) is 7.11 Å². The Hall–Kier alpha value is -2.00. The van der Waals surface area contributed by atoms with Crippen molar-refractivity contribution in [3.05, 3.63) is 59.7 Å². The first kappa shape index (κ1) is 15.4. The Morgan fingerprint density at radius 3 is 2.67 bits per heavy atom. The van der Waals surface area contributed by atoms with Gasteiger partial charge in [-0.3, -0.25) is 0 Å². The summed E-state index contributed by atoms with van der Waals surface area (Å²) < 4.78 is 11.2. The van der Waals surface area contributed by atoms with Crippen LogP contribution in [0.5, 0.6) is 11.5 Å². The van der Waals surface area contributed by atoms with Gasteiger partial charge in [0.15, 0.2) is 0 Å². The van der Waals surface area contributed by atoms with E-state index in [1.54, 1.807) is 7.11 Å². The van der Waals surface area contributed by atoms with Gasteiger partial charge in [-0.25, -0.2) is 0 Å². The molecular weight excluding hydrogens is 262 g/mol. The highest BCUT2D eigenvalue weighted by atomic mass is 16.5. The third-order valence-electron chi connectivity index (χ3n) is 3.42. The minimum absolute atomic E-state index is 0.275. The second-order valence-corrected chi connectivity index (χ2v) is 4.96. The van der Waals surface area contributed by atoms with Gasteiger partial charge in [0.25, 0.3) is 0 Å². The molecule has 1 unspecified atom stereocenters. The number of para-hydroxylation sites is 1. The van der Waals surface area contributed by atoms with Gasteiger partial charge in [0, 0.05) is 11.6 Å². The molecule has 2 aromatic carbocycles. The number of hydrogen-bond donors (Lipinski definition) is 1. The van der Waals surface area contributed by atoms with Crippen LogP contribution in [0.1, 0.15) is 31.0 Å². The molecule has 3 heteroatoms. The second kappa shape index (κ2) is 7.70. The van der Waals surface area contributed by atoms with Crippen LogP contribution < -0.4 is 14.8 Å². The zero-order valence-corrected chi connectivity index (χ0v) is 12.9. The molecule has 0 aromatic heterocycles. The van der Waals surface area contributed by atoms with Crippen molar-refractivity contribution < 1.29 is 9.47 Å². The second-order valence-electron chi connectivity index (χ2n) is 4.96. The van der Waals surface area contributed by atoms with Crippen LogP contribution in [-0.2, 0) is 6.61 Å². The van der Waals surface area contributed by atoms with E-state index >= 15 is 0 Å². The van der Waals surface area contributed by atoms with Crippen LogP contribution in [-0.4, -0.2) is 13.7 Å². The number of ether oxygens (including phenoxy) is 2. The molecular formula is C18H23NO2.